The highest BCUT2D eigenvalue weighted by Gasteiger charge is 2.24. The Morgan fingerprint density at radius 2 is 1.98 bits per heavy atom. The first-order valence-electron chi connectivity index (χ1n) is 14.9. The van der Waals surface area contributed by atoms with Gasteiger partial charge in [0.05, 0.1) is 31.0 Å². The summed E-state index contributed by atoms with van der Waals surface area (Å²) in [5, 5.41) is 0.480. The fraction of sp³-hybridized carbons (Fsp3) is 0.484. The van der Waals surface area contributed by atoms with Gasteiger partial charge in [0.1, 0.15) is 24.0 Å². The zero-order valence-electron chi connectivity index (χ0n) is 25.9. The van der Waals surface area contributed by atoms with Crippen molar-refractivity contribution in [3.63, 3.8) is 0 Å². The fourth-order valence-corrected chi connectivity index (χ4v) is 6.16. The van der Waals surface area contributed by atoms with E-state index in [0.29, 0.717) is 34.5 Å². The average molecular weight is 642 g/mol. The van der Waals surface area contributed by atoms with Gasteiger partial charge in [-0.1, -0.05) is 49.5 Å². The van der Waals surface area contributed by atoms with Crippen LogP contribution in [0.3, 0.4) is 0 Å². The van der Waals surface area contributed by atoms with E-state index in [4.69, 9.17) is 35.5 Å². The molecule has 3 aromatic heterocycles. The average Bonchev–Trinajstić information content (AvgIpc) is 3.33. The summed E-state index contributed by atoms with van der Waals surface area (Å²) in [5.41, 5.74) is 2.29. The van der Waals surface area contributed by atoms with Crippen molar-refractivity contribution in [2.45, 2.75) is 57.8 Å². The number of esters is 1. The van der Waals surface area contributed by atoms with E-state index in [2.05, 4.69) is 47.8 Å². The Labute approximate surface area is 263 Å². The monoisotopic (exact) mass is 641 g/mol. The molecular weight excluding hydrogens is 602 g/mol. The molecule has 3 aromatic rings. The molecule has 1 aliphatic heterocycles. The number of carbonyl (C=O) groups excluding carboxylic acids is 1. The third-order valence-corrected chi connectivity index (χ3v) is 9.80. The number of imidazole rings is 1. The van der Waals surface area contributed by atoms with Crippen LogP contribution in [0.4, 0.5) is 0 Å². The molecule has 2 unspecified atom stereocenters. The lowest BCUT2D eigenvalue weighted by molar-refractivity contribution is -0.144. The predicted molar refractivity (Wildman–Crippen MR) is 172 cm³/mol. The van der Waals surface area contributed by atoms with Crippen molar-refractivity contribution in [1.82, 2.24) is 24.0 Å². The first-order chi connectivity index (χ1) is 21.0. The minimum atomic E-state index is -1.31. The number of aromatic nitrogens is 4. The van der Waals surface area contributed by atoms with Gasteiger partial charge in [0.25, 0.3) is 5.56 Å². The van der Waals surface area contributed by atoms with Gasteiger partial charge in [-0.3, -0.25) is 14.3 Å². The van der Waals surface area contributed by atoms with Gasteiger partial charge < -0.3 is 23.5 Å². The normalized spacial score (nSPS) is 18.3. The molecule has 0 N–H and O–H groups in total. The highest BCUT2D eigenvalue weighted by molar-refractivity contribution is 6.76. The van der Waals surface area contributed by atoms with Crippen LogP contribution in [-0.4, -0.2) is 84.1 Å². The molecule has 0 aromatic carbocycles. The number of carbonyl (C=O) groups is 1. The zero-order valence-corrected chi connectivity index (χ0v) is 27.7. The van der Waals surface area contributed by atoms with E-state index in [1.54, 1.807) is 23.6 Å². The van der Waals surface area contributed by atoms with Gasteiger partial charge in [0.2, 0.25) is 0 Å². The maximum Gasteiger partial charge on any atom is 0.328 e. The Morgan fingerprint density at radius 3 is 2.64 bits per heavy atom. The van der Waals surface area contributed by atoms with Gasteiger partial charge in [-0.2, -0.15) is 4.98 Å². The van der Waals surface area contributed by atoms with E-state index in [9.17, 15) is 9.59 Å². The van der Waals surface area contributed by atoms with Crippen molar-refractivity contribution in [1.29, 1.82) is 0 Å². The van der Waals surface area contributed by atoms with Gasteiger partial charge in [0, 0.05) is 46.1 Å². The Balaban J connectivity index is 1.44. The summed E-state index contributed by atoms with van der Waals surface area (Å²) in [6.07, 6.45) is 8.81. The standard InChI is InChI=1S/C31H40ClN5O6Si/c1-21(30(39)40-2)36-11-10-24(18-27(36)38)43-31-33-26-19-25(32)28(34-29(26)37(31)20-42-16-17-44(3,4)5)22-6-8-23(9-7-22)35-12-14-41-15-13-35/h6-8,10-11,18-19,21,23H,9,12-17,20H2,1-5H3. The predicted octanol–water partition coefficient (Wildman–Crippen LogP) is 5.13. The van der Waals surface area contributed by atoms with Crippen molar-refractivity contribution in [3.8, 4) is 11.8 Å². The van der Waals surface area contributed by atoms with Crippen LogP contribution in [0.1, 0.15) is 25.1 Å². The Hall–Kier alpha value is -3.29. The maximum atomic E-state index is 12.8. The highest BCUT2D eigenvalue weighted by atomic mass is 35.5. The second-order valence-corrected chi connectivity index (χ2v) is 18.2. The molecule has 0 amide bonds. The quantitative estimate of drug-likeness (QED) is 0.160. The molecule has 5 rings (SSSR count). The van der Waals surface area contributed by atoms with E-state index in [1.807, 2.05) is 0 Å². The van der Waals surface area contributed by atoms with Crippen LogP contribution in [0.25, 0.3) is 16.7 Å². The molecule has 44 heavy (non-hydrogen) atoms. The molecule has 236 valence electrons. The summed E-state index contributed by atoms with van der Waals surface area (Å²) in [6, 6.07) is 5.45. The number of methoxy groups -OCH3 is 1. The second-order valence-electron chi connectivity index (χ2n) is 12.2. The van der Waals surface area contributed by atoms with Crippen molar-refractivity contribution in [2.75, 3.05) is 40.0 Å². The van der Waals surface area contributed by atoms with Crippen LogP contribution in [-0.2, 0) is 25.7 Å². The number of pyridine rings is 2. The minimum absolute atomic E-state index is 0.162. The summed E-state index contributed by atoms with van der Waals surface area (Å²) in [7, 11) is -0.0223. The number of nitrogens with zero attached hydrogens (tertiary/aromatic N) is 5. The topological polar surface area (TPSA) is 110 Å². The fourth-order valence-electron chi connectivity index (χ4n) is 5.14. The lowest BCUT2D eigenvalue weighted by Crippen LogP contribution is -2.42. The van der Waals surface area contributed by atoms with Crippen LogP contribution in [0, 0.1) is 0 Å². The van der Waals surface area contributed by atoms with Gasteiger partial charge in [-0.25, -0.2) is 9.78 Å². The van der Waals surface area contributed by atoms with Gasteiger partial charge in [0.15, 0.2) is 5.65 Å². The second kappa shape index (κ2) is 13.8. The summed E-state index contributed by atoms with van der Waals surface area (Å²) >= 11 is 6.76. The van der Waals surface area contributed by atoms with Crippen molar-refractivity contribution < 1.29 is 23.7 Å². The lowest BCUT2D eigenvalue weighted by atomic mass is 9.99. The smallest absolute Gasteiger partial charge is 0.328 e. The van der Waals surface area contributed by atoms with Crippen LogP contribution >= 0.6 is 11.6 Å². The molecule has 2 aliphatic rings. The minimum Gasteiger partial charge on any atom is -0.467 e. The SMILES string of the molecule is COC(=O)C(C)n1ccc(Oc2nc3cc(Cl)c(C4=CCC(N5CCOCC5)C=C4)nc3n2COCC[Si](C)(C)C)cc1=O. The molecule has 1 aliphatic carbocycles. The van der Waals surface area contributed by atoms with Crippen LogP contribution in [0.5, 0.6) is 11.8 Å². The molecule has 13 heteroatoms. The molecule has 11 nitrogen and oxygen atoms in total. The molecule has 4 heterocycles. The molecule has 0 radical (unpaired) electrons. The molecule has 0 bridgehead atoms. The van der Waals surface area contributed by atoms with Gasteiger partial charge >= 0.3 is 12.0 Å². The van der Waals surface area contributed by atoms with Crippen LogP contribution in [0.15, 0.2) is 47.4 Å². The third-order valence-electron chi connectivity index (χ3n) is 7.81. The number of ether oxygens (including phenoxy) is 4. The number of rotatable bonds is 11. The van der Waals surface area contributed by atoms with Crippen molar-refractivity contribution >= 4 is 42.4 Å². The number of hydrogen-bond donors (Lipinski definition) is 0. The van der Waals surface area contributed by atoms with E-state index in [-0.39, 0.29) is 18.5 Å². The van der Waals surface area contributed by atoms with Gasteiger partial charge in [-0.15, -0.1) is 0 Å². The summed E-state index contributed by atoms with van der Waals surface area (Å²) in [5.74, 6) is -0.253. The van der Waals surface area contributed by atoms with E-state index in [0.717, 1.165) is 44.3 Å². The van der Waals surface area contributed by atoms with Crippen LogP contribution in [0.2, 0.25) is 30.7 Å². The molecule has 2 atom stereocenters. The number of hydrogen-bond acceptors (Lipinski definition) is 9. The first kappa shape index (κ1) is 32.1. The van der Waals surface area contributed by atoms with Gasteiger partial charge in [-0.05, 0) is 37.1 Å². The largest absolute Gasteiger partial charge is 0.467 e. The first-order valence-corrected chi connectivity index (χ1v) is 19.0. The van der Waals surface area contributed by atoms with Crippen molar-refractivity contribution in [3.05, 3.63) is 63.7 Å². The Bertz CT molecular complexity index is 1620. The lowest BCUT2D eigenvalue weighted by Gasteiger charge is -2.33. The Kier molecular flexibility index (Phi) is 10.1. The summed E-state index contributed by atoms with van der Waals surface area (Å²) in [4.78, 5) is 36.8. The van der Waals surface area contributed by atoms with Crippen LogP contribution < -0.4 is 10.3 Å². The molecular formula is C31H40ClN5O6Si. The van der Waals surface area contributed by atoms with E-state index in [1.165, 1.54) is 23.9 Å². The number of allylic oxidation sites excluding steroid dienone is 2. The summed E-state index contributed by atoms with van der Waals surface area (Å²) in [6.45, 7) is 12.6. The molecule has 1 fully saturated rings. The maximum absolute atomic E-state index is 12.8. The molecule has 0 saturated carbocycles. The van der Waals surface area contributed by atoms with E-state index >= 15 is 0 Å². The highest BCUT2D eigenvalue weighted by Crippen LogP contribution is 2.33. The third kappa shape index (κ3) is 7.49. The molecule has 0 spiro atoms. The number of morpholine rings is 1. The summed E-state index contributed by atoms with van der Waals surface area (Å²) < 4.78 is 25.5. The molecule has 1 saturated heterocycles. The number of fused-ring (bicyclic) bond motifs is 1. The Morgan fingerprint density at radius 1 is 1.20 bits per heavy atom. The number of halogens is 1. The van der Waals surface area contributed by atoms with E-state index < -0.39 is 25.6 Å². The van der Waals surface area contributed by atoms with Crippen molar-refractivity contribution in [2.24, 2.45) is 0 Å². The zero-order chi connectivity index (χ0) is 31.4.